The number of fused-ring (bicyclic) bond motifs is 1. The molecule has 0 radical (unpaired) electrons. The van der Waals surface area contributed by atoms with E-state index in [9.17, 15) is 4.79 Å². The number of nitrogens with one attached hydrogen (secondary N) is 1. The zero-order valence-electron chi connectivity index (χ0n) is 9.09. The van der Waals surface area contributed by atoms with E-state index in [1.807, 2.05) is 18.2 Å². The average Bonchev–Trinajstić information content (AvgIpc) is 2.69. The smallest absolute Gasteiger partial charge is 0.287 e. The quantitative estimate of drug-likeness (QED) is 0.828. The lowest BCUT2D eigenvalue weighted by atomic mass is 10.1. The zero-order valence-corrected chi connectivity index (χ0v) is 9.84. The molecule has 1 aromatic carbocycles. The Balaban J connectivity index is 2.34. The summed E-state index contributed by atoms with van der Waals surface area (Å²) in [5, 5.41) is -0.550. The molecule has 0 saturated carbocycles. The average molecular weight is 237 g/mol. The number of unbranched alkanes of at least 4 members (excludes halogenated alkanes) is 1. The lowest BCUT2D eigenvalue weighted by Crippen LogP contribution is -1.89. The van der Waals surface area contributed by atoms with Crippen molar-refractivity contribution in [2.24, 2.45) is 0 Å². The Hall–Kier alpha value is -1.35. The van der Waals surface area contributed by atoms with Crippen molar-refractivity contribution in [1.29, 1.82) is 0 Å². The van der Waals surface area contributed by atoms with Gasteiger partial charge in [-0.05, 0) is 42.1 Å². The van der Waals surface area contributed by atoms with Gasteiger partial charge in [-0.15, -0.1) is 0 Å². The summed E-state index contributed by atoms with van der Waals surface area (Å²) >= 11 is 5.37. The lowest BCUT2D eigenvalue weighted by molar-refractivity contribution is 0.107. The van der Waals surface area contributed by atoms with Crippen LogP contribution in [-0.2, 0) is 6.42 Å². The maximum Gasteiger partial charge on any atom is 0.287 e. The Morgan fingerprint density at radius 2 is 2.31 bits per heavy atom. The molecule has 0 atom stereocenters. The van der Waals surface area contributed by atoms with E-state index in [0.29, 0.717) is 0 Å². The van der Waals surface area contributed by atoms with E-state index in [-0.39, 0.29) is 5.82 Å². The number of aryl methyl sites for hydroxylation is 1. The van der Waals surface area contributed by atoms with E-state index in [1.165, 1.54) is 18.4 Å². The number of H-pyrrole nitrogens is 1. The van der Waals surface area contributed by atoms with Crippen molar-refractivity contribution in [3.05, 3.63) is 29.6 Å². The minimum absolute atomic E-state index is 0.212. The van der Waals surface area contributed by atoms with Gasteiger partial charge < -0.3 is 4.98 Å². The van der Waals surface area contributed by atoms with Crippen LogP contribution in [0.3, 0.4) is 0 Å². The van der Waals surface area contributed by atoms with Gasteiger partial charge in [-0.1, -0.05) is 19.4 Å². The van der Waals surface area contributed by atoms with Gasteiger partial charge in [0.05, 0.1) is 11.0 Å². The number of imidazole rings is 1. The highest BCUT2D eigenvalue weighted by Crippen LogP contribution is 2.16. The summed E-state index contributed by atoms with van der Waals surface area (Å²) in [6, 6.07) is 5.99. The Labute approximate surface area is 98.8 Å². The van der Waals surface area contributed by atoms with Gasteiger partial charge in [-0.2, -0.15) is 0 Å². The number of carbonyl (C=O) groups excluding carboxylic acids is 1. The highest BCUT2D eigenvalue weighted by molar-refractivity contribution is 6.67. The molecule has 0 saturated heterocycles. The molecule has 1 heterocycles. The summed E-state index contributed by atoms with van der Waals surface area (Å²) in [5.74, 6) is 0.212. The largest absolute Gasteiger partial charge is 0.334 e. The van der Waals surface area contributed by atoms with Crippen molar-refractivity contribution in [2.45, 2.75) is 26.2 Å². The highest BCUT2D eigenvalue weighted by Gasteiger charge is 2.08. The Morgan fingerprint density at radius 3 is 3.00 bits per heavy atom. The minimum Gasteiger partial charge on any atom is -0.334 e. The van der Waals surface area contributed by atoms with Crippen LogP contribution >= 0.6 is 11.6 Å². The fourth-order valence-electron chi connectivity index (χ4n) is 1.69. The number of benzene rings is 1. The van der Waals surface area contributed by atoms with Crippen molar-refractivity contribution < 1.29 is 4.79 Å². The van der Waals surface area contributed by atoms with Gasteiger partial charge in [0.15, 0.2) is 5.82 Å². The van der Waals surface area contributed by atoms with Crippen molar-refractivity contribution in [3.8, 4) is 0 Å². The van der Waals surface area contributed by atoms with Crippen LogP contribution in [-0.4, -0.2) is 15.2 Å². The normalized spacial score (nSPS) is 10.9. The van der Waals surface area contributed by atoms with E-state index < -0.39 is 5.24 Å². The molecule has 0 amide bonds. The fourth-order valence-corrected chi connectivity index (χ4v) is 1.78. The fraction of sp³-hybridized carbons (Fsp3) is 0.333. The monoisotopic (exact) mass is 236 g/mol. The third-order valence-electron chi connectivity index (χ3n) is 2.55. The van der Waals surface area contributed by atoms with Gasteiger partial charge in [-0.3, -0.25) is 4.79 Å². The van der Waals surface area contributed by atoms with Gasteiger partial charge in [-0.25, -0.2) is 4.98 Å². The van der Waals surface area contributed by atoms with Crippen LogP contribution < -0.4 is 0 Å². The number of hydrogen-bond acceptors (Lipinski definition) is 2. The molecule has 16 heavy (non-hydrogen) atoms. The van der Waals surface area contributed by atoms with Crippen molar-refractivity contribution in [3.63, 3.8) is 0 Å². The second-order valence-corrected chi connectivity index (χ2v) is 4.16. The molecule has 0 bridgehead atoms. The second kappa shape index (κ2) is 4.66. The summed E-state index contributed by atoms with van der Waals surface area (Å²) < 4.78 is 0. The first-order valence-electron chi connectivity index (χ1n) is 5.39. The molecule has 0 unspecified atom stereocenters. The van der Waals surface area contributed by atoms with Gasteiger partial charge in [0.25, 0.3) is 5.24 Å². The van der Waals surface area contributed by atoms with Crippen LogP contribution in [0.25, 0.3) is 11.0 Å². The number of aromatic amines is 1. The Kier molecular flexibility index (Phi) is 3.25. The predicted molar refractivity (Wildman–Crippen MR) is 64.9 cm³/mol. The molecular weight excluding hydrogens is 224 g/mol. The Morgan fingerprint density at radius 1 is 1.50 bits per heavy atom. The van der Waals surface area contributed by atoms with Crippen LogP contribution in [0, 0.1) is 0 Å². The number of aromatic nitrogens is 2. The molecule has 1 aromatic heterocycles. The molecule has 0 aliphatic heterocycles. The van der Waals surface area contributed by atoms with E-state index in [2.05, 4.69) is 16.9 Å². The van der Waals surface area contributed by atoms with Crippen LogP contribution in [0.1, 0.15) is 35.9 Å². The maximum atomic E-state index is 10.9. The molecule has 0 spiro atoms. The van der Waals surface area contributed by atoms with E-state index in [1.54, 1.807) is 0 Å². The number of rotatable bonds is 4. The van der Waals surface area contributed by atoms with Gasteiger partial charge >= 0.3 is 0 Å². The molecule has 2 aromatic rings. The maximum absolute atomic E-state index is 10.9. The van der Waals surface area contributed by atoms with Gasteiger partial charge in [0, 0.05) is 0 Å². The van der Waals surface area contributed by atoms with Crippen molar-refractivity contribution >= 4 is 27.9 Å². The standard InChI is InChI=1S/C12H13ClN2O/c1-2-3-4-8-5-6-9-10(7-8)15-12(14-9)11(13)16/h5-7H,2-4H2,1H3,(H,14,15). The molecule has 2 rings (SSSR count). The summed E-state index contributed by atoms with van der Waals surface area (Å²) in [6.45, 7) is 2.17. The second-order valence-electron chi connectivity index (χ2n) is 3.81. The highest BCUT2D eigenvalue weighted by atomic mass is 35.5. The van der Waals surface area contributed by atoms with Crippen LogP contribution in [0.5, 0.6) is 0 Å². The third-order valence-corrected chi connectivity index (χ3v) is 2.73. The van der Waals surface area contributed by atoms with Crippen molar-refractivity contribution in [2.75, 3.05) is 0 Å². The molecule has 4 heteroatoms. The summed E-state index contributed by atoms with van der Waals surface area (Å²) in [7, 11) is 0. The van der Waals surface area contributed by atoms with E-state index >= 15 is 0 Å². The summed E-state index contributed by atoms with van der Waals surface area (Å²) in [6.07, 6.45) is 3.39. The summed E-state index contributed by atoms with van der Waals surface area (Å²) in [4.78, 5) is 18.0. The van der Waals surface area contributed by atoms with Gasteiger partial charge in [0.2, 0.25) is 0 Å². The minimum atomic E-state index is -0.550. The first-order valence-corrected chi connectivity index (χ1v) is 5.77. The molecule has 0 aliphatic carbocycles. The number of halogens is 1. The number of carbonyl (C=O) groups is 1. The molecule has 0 aliphatic rings. The number of hydrogen-bond donors (Lipinski definition) is 1. The topological polar surface area (TPSA) is 45.8 Å². The third kappa shape index (κ3) is 2.25. The molecular formula is C12H13ClN2O. The van der Waals surface area contributed by atoms with Crippen LogP contribution in [0.2, 0.25) is 0 Å². The van der Waals surface area contributed by atoms with Gasteiger partial charge in [0.1, 0.15) is 0 Å². The molecule has 84 valence electrons. The molecule has 3 nitrogen and oxygen atoms in total. The first kappa shape index (κ1) is 11.1. The first-order chi connectivity index (χ1) is 7.70. The zero-order chi connectivity index (χ0) is 11.5. The SMILES string of the molecule is CCCCc1ccc2nc(C(=O)Cl)[nH]c2c1. The summed E-state index contributed by atoms with van der Waals surface area (Å²) in [5.41, 5.74) is 2.91. The molecule has 1 N–H and O–H groups in total. The van der Waals surface area contributed by atoms with E-state index in [0.717, 1.165) is 17.5 Å². The van der Waals surface area contributed by atoms with Crippen LogP contribution in [0.4, 0.5) is 0 Å². The molecule has 0 fully saturated rings. The Bertz CT molecular complexity index is 519. The predicted octanol–water partition coefficient (Wildman–Crippen LogP) is 3.28. The lowest BCUT2D eigenvalue weighted by Gasteiger charge is -1.98. The van der Waals surface area contributed by atoms with E-state index in [4.69, 9.17) is 11.6 Å². The van der Waals surface area contributed by atoms with Crippen LogP contribution in [0.15, 0.2) is 18.2 Å². The van der Waals surface area contributed by atoms with Crippen molar-refractivity contribution in [1.82, 2.24) is 9.97 Å². The number of nitrogens with zero attached hydrogens (tertiary/aromatic N) is 1.